The van der Waals surface area contributed by atoms with E-state index in [1.54, 1.807) is 18.2 Å². The number of benzene rings is 1. The molecule has 0 bridgehead atoms. The van der Waals surface area contributed by atoms with E-state index in [9.17, 15) is 4.79 Å². The van der Waals surface area contributed by atoms with Crippen molar-refractivity contribution < 1.29 is 9.90 Å². The van der Waals surface area contributed by atoms with Crippen molar-refractivity contribution in [3.05, 3.63) is 29.3 Å². The van der Waals surface area contributed by atoms with Crippen LogP contribution in [-0.4, -0.2) is 11.1 Å². The Labute approximate surface area is 81.6 Å². The van der Waals surface area contributed by atoms with E-state index in [0.29, 0.717) is 17.7 Å². The van der Waals surface area contributed by atoms with Crippen LogP contribution in [0.5, 0.6) is 0 Å². The number of anilines is 1. The van der Waals surface area contributed by atoms with Crippen molar-refractivity contribution in [2.24, 2.45) is 0 Å². The van der Waals surface area contributed by atoms with E-state index < -0.39 is 5.97 Å². The molecule has 0 saturated heterocycles. The van der Waals surface area contributed by atoms with Crippen molar-refractivity contribution in [3.63, 3.8) is 0 Å². The van der Waals surface area contributed by atoms with Gasteiger partial charge in [-0.25, -0.2) is 0 Å². The highest BCUT2D eigenvalue weighted by Crippen LogP contribution is 2.14. The van der Waals surface area contributed by atoms with E-state index in [0.717, 1.165) is 5.56 Å². The van der Waals surface area contributed by atoms with Crippen molar-refractivity contribution >= 4 is 11.7 Å². The highest BCUT2D eigenvalue weighted by Gasteiger charge is 2.02. The minimum atomic E-state index is -0.840. The van der Waals surface area contributed by atoms with E-state index >= 15 is 0 Å². The summed E-state index contributed by atoms with van der Waals surface area (Å²) < 4.78 is 0. The molecule has 4 nitrogen and oxygen atoms in total. The third-order valence-corrected chi connectivity index (χ3v) is 1.86. The number of aryl methyl sites for hydroxylation is 1. The smallest absolute Gasteiger partial charge is 0.303 e. The molecule has 0 heterocycles. The average molecular weight is 190 g/mol. The molecule has 0 aliphatic heterocycles. The molecule has 0 aliphatic rings. The van der Waals surface area contributed by atoms with Crippen LogP contribution in [0.1, 0.15) is 17.5 Å². The second-order valence-corrected chi connectivity index (χ2v) is 2.93. The minimum absolute atomic E-state index is 0.0747. The normalized spacial score (nSPS) is 9.36. The first-order chi connectivity index (χ1) is 6.63. The number of hydrogen-bond donors (Lipinski definition) is 2. The second-order valence-electron chi connectivity index (χ2n) is 2.93. The van der Waals surface area contributed by atoms with Gasteiger partial charge in [0, 0.05) is 12.1 Å². The van der Waals surface area contributed by atoms with E-state index in [2.05, 4.69) is 0 Å². The molecule has 0 spiro atoms. The number of aliphatic carboxylic acids is 1. The fraction of sp³-hybridized carbons (Fsp3) is 0.200. The molecule has 0 radical (unpaired) electrons. The number of nitrogens with zero attached hydrogens (tertiary/aromatic N) is 1. The Balaban J connectivity index is 2.77. The highest BCUT2D eigenvalue weighted by atomic mass is 16.4. The van der Waals surface area contributed by atoms with Crippen LogP contribution in [0, 0.1) is 11.3 Å². The molecule has 14 heavy (non-hydrogen) atoms. The first kappa shape index (κ1) is 10.1. The Morgan fingerprint density at radius 2 is 2.29 bits per heavy atom. The van der Waals surface area contributed by atoms with Crippen LogP contribution in [0.4, 0.5) is 5.69 Å². The lowest BCUT2D eigenvalue weighted by atomic mass is 10.1. The fourth-order valence-corrected chi connectivity index (χ4v) is 1.12. The lowest BCUT2D eigenvalue weighted by Gasteiger charge is -2.01. The molecule has 0 saturated carbocycles. The summed E-state index contributed by atoms with van der Waals surface area (Å²) in [5, 5.41) is 17.1. The van der Waals surface area contributed by atoms with Crippen molar-refractivity contribution in [2.75, 3.05) is 5.73 Å². The lowest BCUT2D eigenvalue weighted by molar-refractivity contribution is -0.136. The molecule has 1 rings (SSSR count). The molecule has 0 unspecified atom stereocenters. The first-order valence-corrected chi connectivity index (χ1v) is 4.14. The Kier molecular flexibility index (Phi) is 3.08. The topological polar surface area (TPSA) is 87.1 Å². The third-order valence-electron chi connectivity index (χ3n) is 1.86. The molecule has 1 aromatic carbocycles. The van der Waals surface area contributed by atoms with Gasteiger partial charge >= 0.3 is 5.97 Å². The predicted molar refractivity (Wildman–Crippen MR) is 51.5 cm³/mol. The Morgan fingerprint density at radius 3 is 2.79 bits per heavy atom. The molecule has 0 aromatic heterocycles. The number of hydrogen-bond acceptors (Lipinski definition) is 3. The van der Waals surface area contributed by atoms with Gasteiger partial charge in [0.1, 0.15) is 6.07 Å². The van der Waals surface area contributed by atoms with Gasteiger partial charge in [-0.3, -0.25) is 4.79 Å². The largest absolute Gasteiger partial charge is 0.481 e. The van der Waals surface area contributed by atoms with Gasteiger partial charge in [-0.15, -0.1) is 0 Å². The minimum Gasteiger partial charge on any atom is -0.481 e. The molecule has 4 heteroatoms. The maximum Gasteiger partial charge on any atom is 0.303 e. The summed E-state index contributed by atoms with van der Waals surface area (Å²) in [7, 11) is 0. The monoisotopic (exact) mass is 190 g/mol. The summed E-state index contributed by atoms with van der Waals surface area (Å²) in [5.74, 6) is -0.840. The Hall–Kier alpha value is -2.02. The summed E-state index contributed by atoms with van der Waals surface area (Å²) in [6.07, 6.45) is 0.510. The number of carboxylic acids is 1. The third kappa shape index (κ3) is 2.49. The number of rotatable bonds is 3. The predicted octanol–water partition coefficient (Wildman–Crippen LogP) is 1.16. The van der Waals surface area contributed by atoms with Crippen LogP contribution >= 0.6 is 0 Å². The van der Waals surface area contributed by atoms with Gasteiger partial charge in [-0.05, 0) is 24.1 Å². The molecule has 0 atom stereocenters. The molecule has 72 valence electrons. The lowest BCUT2D eigenvalue weighted by Crippen LogP contribution is -1.99. The number of carbonyl (C=O) groups is 1. The quantitative estimate of drug-likeness (QED) is 0.700. The fourth-order valence-electron chi connectivity index (χ4n) is 1.12. The van der Waals surface area contributed by atoms with E-state index in [1.165, 1.54) is 0 Å². The summed E-state index contributed by atoms with van der Waals surface area (Å²) in [4.78, 5) is 10.3. The van der Waals surface area contributed by atoms with Crippen LogP contribution in [0.25, 0.3) is 0 Å². The zero-order valence-corrected chi connectivity index (χ0v) is 7.53. The van der Waals surface area contributed by atoms with Crippen LogP contribution < -0.4 is 5.73 Å². The van der Waals surface area contributed by atoms with Gasteiger partial charge in [0.05, 0.1) is 5.56 Å². The van der Waals surface area contributed by atoms with Gasteiger partial charge in [0.15, 0.2) is 0 Å². The average Bonchev–Trinajstić information content (AvgIpc) is 2.15. The van der Waals surface area contributed by atoms with Crippen LogP contribution in [-0.2, 0) is 11.2 Å². The summed E-state index contributed by atoms with van der Waals surface area (Å²) in [6.45, 7) is 0. The van der Waals surface area contributed by atoms with E-state index in [1.807, 2.05) is 6.07 Å². The zero-order valence-electron chi connectivity index (χ0n) is 7.53. The maximum absolute atomic E-state index is 10.3. The molecule has 0 fully saturated rings. The zero-order chi connectivity index (χ0) is 10.6. The van der Waals surface area contributed by atoms with Gasteiger partial charge in [0.2, 0.25) is 0 Å². The SMILES string of the molecule is N#Cc1ccc(CCC(=O)O)cc1N. The van der Waals surface area contributed by atoms with Crippen LogP contribution in [0.3, 0.4) is 0 Å². The summed E-state index contributed by atoms with van der Waals surface area (Å²) in [6, 6.07) is 6.91. The second kappa shape index (κ2) is 4.28. The van der Waals surface area contributed by atoms with Gasteiger partial charge in [0.25, 0.3) is 0 Å². The van der Waals surface area contributed by atoms with E-state index in [-0.39, 0.29) is 6.42 Å². The molecule has 3 N–H and O–H groups in total. The Morgan fingerprint density at radius 1 is 1.57 bits per heavy atom. The molecular weight excluding hydrogens is 180 g/mol. The van der Waals surface area contributed by atoms with Gasteiger partial charge < -0.3 is 10.8 Å². The van der Waals surface area contributed by atoms with E-state index in [4.69, 9.17) is 16.1 Å². The maximum atomic E-state index is 10.3. The molecular formula is C10H10N2O2. The molecule has 0 amide bonds. The summed E-state index contributed by atoms with van der Waals surface area (Å²) >= 11 is 0. The van der Waals surface area contributed by atoms with Crippen LogP contribution in [0.15, 0.2) is 18.2 Å². The first-order valence-electron chi connectivity index (χ1n) is 4.14. The van der Waals surface area contributed by atoms with Crippen molar-refractivity contribution in [2.45, 2.75) is 12.8 Å². The Bertz CT molecular complexity index is 394. The van der Waals surface area contributed by atoms with Crippen molar-refractivity contribution in [1.82, 2.24) is 0 Å². The van der Waals surface area contributed by atoms with Gasteiger partial charge in [-0.2, -0.15) is 5.26 Å². The number of nitriles is 1. The number of nitrogens with two attached hydrogens (primary N) is 1. The standard InChI is InChI=1S/C10H10N2O2/c11-6-8-3-1-7(5-9(8)12)2-4-10(13)14/h1,3,5H,2,4,12H2,(H,13,14). The number of carboxylic acid groups (broad SMARTS) is 1. The van der Waals surface area contributed by atoms with Crippen molar-refractivity contribution in [3.8, 4) is 6.07 Å². The van der Waals surface area contributed by atoms with Gasteiger partial charge in [-0.1, -0.05) is 6.07 Å². The number of nitrogen functional groups attached to an aromatic ring is 1. The molecule has 0 aliphatic carbocycles. The van der Waals surface area contributed by atoms with Crippen molar-refractivity contribution in [1.29, 1.82) is 5.26 Å². The summed E-state index contributed by atoms with van der Waals surface area (Å²) in [5.41, 5.74) is 7.22. The molecule has 1 aromatic rings. The highest BCUT2D eigenvalue weighted by molar-refractivity contribution is 5.67. The van der Waals surface area contributed by atoms with Crippen LogP contribution in [0.2, 0.25) is 0 Å².